The van der Waals surface area contributed by atoms with Crippen LogP contribution in [0.3, 0.4) is 0 Å². The van der Waals surface area contributed by atoms with Crippen molar-refractivity contribution < 1.29 is 8.83 Å². The first-order chi connectivity index (χ1) is 11.1. The summed E-state index contributed by atoms with van der Waals surface area (Å²) in [5.41, 5.74) is 0. The van der Waals surface area contributed by atoms with Crippen LogP contribution in [0.25, 0.3) is 0 Å². The minimum absolute atomic E-state index is 0. The molecule has 0 saturated carbocycles. The summed E-state index contributed by atoms with van der Waals surface area (Å²) < 4.78 is 11.0. The maximum Gasteiger partial charge on any atom is 0.192 e. The molecule has 2 N–H and O–H groups in total. The highest BCUT2D eigenvalue weighted by molar-refractivity contribution is 14.0. The first-order valence-corrected chi connectivity index (χ1v) is 8.24. The molecule has 0 fully saturated rings. The molecule has 2 unspecified atom stereocenters. The third kappa shape index (κ3) is 6.59. The topological polar surface area (TPSA) is 62.7 Å². The fourth-order valence-corrected chi connectivity index (χ4v) is 2.16. The molecule has 2 aromatic heterocycles. The number of hydrogen-bond donors (Lipinski definition) is 2. The van der Waals surface area contributed by atoms with E-state index in [2.05, 4.69) is 36.4 Å². The van der Waals surface area contributed by atoms with Gasteiger partial charge in [-0.3, -0.25) is 4.99 Å². The van der Waals surface area contributed by atoms with Crippen molar-refractivity contribution >= 4 is 29.9 Å². The highest BCUT2D eigenvalue weighted by Crippen LogP contribution is 2.15. The second kappa shape index (κ2) is 10.4. The van der Waals surface area contributed by atoms with Gasteiger partial charge >= 0.3 is 0 Å². The minimum atomic E-state index is 0. The van der Waals surface area contributed by atoms with Gasteiger partial charge in [-0.1, -0.05) is 6.92 Å². The Balaban J connectivity index is 0.00000288. The first-order valence-electron chi connectivity index (χ1n) is 8.24. The highest BCUT2D eigenvalue weighted by atomic mass is 127. The van der Waals surface area contributed by atoms with E-state index in [1.165, 1.54) is 0 Å². The van der Waals surface area contributed by atoms with Crippen molar-refractivity contribution in [3.63, 3.8) is 0 Å². The lowest BCUT2D eigenvalue weighted by molar-refractivity contribution is 0.439. The lowest BCUT2D eigenvalue weighted by atomic mass is 10.2. The predicted molar refractivity (Wildman–Crippen MR) is 108 cm³/mol. The van der Waals surface area contributed by atoms with E-state index in [1.54, 1.807) is 6.26 Å². The van der Waals surface area contributed by atoms with E-state index in [0.29, 0.717) is 12.6 Å². The van der Waals surface area contributed by atoms with Crippen LogP contribution in [0.15, 0.2) is 44.4 Å². The SMILES string of the molecule is CCC(C)NC(=NCCc1ccco1)NC(C)c1ccc(C)o1.I. The summed E-state index contributed by atoms with van der Waals surface area (Å²) in [7, 11) is 0. The predicted octanol–water partition coefficient (Wildman–Crippen LogP) is 4.44. The van der Waals surface area contributed by atoms with E-state index in [1.807, 2.05) is 31.2 Å². The second-order valence-corrected chi connectivity index (χ2v) is 5.83. The molecule has 134 valence electrons. The van der Waals surface area contributed by atoms with Gasteiger partial charge in [0.05, 0.1) is 12.3 Å². The Morgan fingerprint density at radius 2 is 2.00 bits per heavy atom. The van der Waals surface area contributed by atoms with E-state index in [0.717, 1.165) is 36.1 Å². The molecule has 0 saturated heterocycles. The number of halogens is 1. The standard InChI is InChI=1S/C18H27N3O2.HI/c1-5-13(2)20-18(19-11-10-16-7-6-12-22-16)21-15(4)17-9-8-14(3)23-17;/h6-9,12-13,15H,5,10-11H2,1-4H3,(H2,19,20,21);1H. The van der Waals surface area contributed by atoms with Gasteiger partial charge in [0.2, 0.25) is 0 Å². The van der Waals surface area contributed by atoms with Gasteiger partial charge in [-0.2, -0.15) is 0 Å². The molecule has 2 aromatic rings. The fourth-order valence-electron chi connectivity index (χ4n) is 2.16. The van der Waals surface area contributed by atoms with Crippen molar-refractivity contribution in [2.75, 3.05) is 6.54 Å². The Morgan fingerprint density at radius 3 is 2.58 bits per heavy atom. The van der Waals surface area contributed by atoms with Gasteiger partial charge in [-0.05, 0) is 51.5 Å². The molecule has 2 heterocycles. The Kier molecular flexibility index (Phi) is 8.95. The normalized spacial score (nSPS) is 13.9. The summed E-state index contributed by atoms with van der Waals surface area (Å²) >= 11 is 0. The zero-order chi connectivity index (χ0) is 16.7. The summed E-state index contributed by atoms with van der Waals surface area (Å²) in [4.78, 5) is 4.65. The van der Waals surface area contributed by atoms with E-state index in [-0.39, 0.29) is 30.0 Å². The van der Waals surface area contributed by atoms with Crippen LogP contribution in [0.1, 0.15) is 50.5 Å². The fraction of sp³-hybridized carbons (Fsp3) is 0.500. The van der Waals surface area contributed by atoms with E-state index < -0.39 is 0 Å². The molecule has 0 bridgehead atoms. The lowest BCUT2D eigenvalue weighted by Crippen LogP contribution is -2.43. The van der Waals surface area contributed by atoms with Gasteiger partial charge in [0.1, 0.15) is 17.3 Å². The summed E-state index contributed by atoms with van der Waals surface area (Å²) in [5, 5.41) is 6.83. The van der Waals surface area contributed by atoms with Gasteiger partial charge in [0.25, 0.3) is 0 Å². The Morgan fingerprint density at radius 1 is 1.21 bits per heavy atom. The summed E-state index contributed by atoms with van der Waals surface area (Å²) in [6.07, 6.45) is 3.51. The molecule has 0 spiro atoms. The van der Waals surface area contributed by atoms with Crippen molar-refractivity contribution in [1.82, 2.24) is 10.6 Å². The van der Waals surface area contributed by atoms with Gasteiger partial charge in [-0.25, -0.2) is 0 Å². The van der Waals surface area contributed by atoms with Gasteiger partial charge in [-0.15, -0.1) is 24.0 Å². The van der Waals surface area contributed by atoms with Crippen LogP contribution in [-0.2, 0) is 6.42 Å². The number of nitrogens with zero attached hydrogens (tertiary/aromatic N) is 1. The Bertz CT molecular complexity index is 608. The smallest absolute Gasteiger partial charge is 0.192 e. The number of furan rings is 2. The van der Waals surface area contributed by atoms with Crippen LogP contribution in [0, 0.1) is 6.92 Å². The largest absolute Gasteiger partial charge is 0.469 e. The molecule has 5 nitrogen and oxygen atoms in total. The molecule has 0 aliphatic heterocycles. The van der Waals surface area contributed by atoms with Crippen LogP contribution in [0.5, 0.6) is 0 Å². The lowest BCUT2D eigenvalue weighted by Gasteiger charge is -2.20. The second-order valence-electron chi connectivity index (χ2n) is 5.83. The van der Waals surface area contributed by atoms with E-state index >= 15 is 0 Å². The highest BCUT2D eigenvalue weighted by Gasteiger charge is 2.12. The van der Waals surface area contributed by atoms with Gasteiger partial charge < -0.3 is 19.5 Å². The third-order valence-corrected chi connectivity index (χ3v) is 3.74. The molecule has 0 aliphatic rings. The van der Waals surface area contributed by atoms with Crippen molar-refractivity contribution in [3.8, 4) is 0 Å². The Hall–Kier alpha value is -1.44. The number of aryl methyl sites for hydroxylation is 1. The van der Waals surface area contributed by atoms with Crippen LogP contribution in [0.2, 0.25) is 0 Å². The molecular formula is C18H28IN3O2. The molecule has 0 aromatic carbocycles. The van der Waals surface area contributed by atoms with E-state index in [4.69, 9.17) is 8.83 Å². The molecule has 0 aliphatic carbocycles. The molecular weight excluding hydrogens is 417 g/mol. The first kappa shape index (κ1) is 20.6. The van der Waals surface area contributed by atoms with Crippen LogP contribution < -0.4 is 10.6 Å². The van der Waals surface area contributed by atoms with Crippen molar-refractivity contribution in [1.29, 1.82) is 0 Å². The zero-order valence-corrected chi connectivity index (χ0v) is 17.2. The summed E-state index contributed by atoms with van der Waals surface area (Å²) in [6, 6.07) is 8.26. The van der Waals surface area contributed by atoms with E-state index in [9.17, 15) is 0 Å². The molecule has 2 rings (SSSR count). The van der Waals surface area contributed by atoms with Gasteiger partial charge in [0, 0.05) is 19.0 Å². The zero-order valence-electron chi connectivity index (χ0n) is 14.8. The molecule has 0 amide bonds. The number of aliphatic imine (C=N–C) groups is 1. The molecule has 0 radical (unpaired) electrons. The maximum atomic E-state index is 5.68. The average molecular weight is 445 g/mol. The van der Waals surface area contributed by atoms with Crippen LogP contribution in [0.4, 0.5) is 0 Å². The monoisotopic (exact) mass is 445 g/mol. The molecule has 24 heavy (non-hydrogen) atoms. The number of nitrogens with one attached hydrogen (secondary N) is 2. The molecule has 2 atom stereocenters. The average Bonchev–Trinajstić information content (AvgIpc) is 3.18. The summed E-state index contributed by atoms with van der Waals surface area (Å²) in [5.74, 6) is 3.57. The van der Waals surface area contributed by atoms with Gasteiger partial charge in [0.15, 0.2) is 5.96 Å². The summed E-state index contributed by atoms with van der Waals surface area (Å²) in [6.45, 7) is 8.98. The minimum Gasteiger partial charge on any atom is -0.469 e. The van der Waals surface area contributed by atoms with Crippen molar-refractivity contribution in [3.05, 3.63) is 47.8 Å². The number of guanidine groups is 1. The van der Waals surface area contributed by atoms with Crippen molar-refractivity contribution in [2.24, 2.45) is 4.99 Å². The van der Waals surface area contributed by atoms with Crippen LogP contribution >= 0.6 is 24.0 Å². The third-order valence-electron chi connectivity index (χ3n) is 3.74. The number of rotatable bonds is 7. The van der Waals surface area contributed by atoms with Crippen molar-refractivity contribution in [2.45, 2.75) is 52.6 Å². The quantitative estimate of drug-likeness (QED) is 0.376. The molecule has 6 heteroatoms. The van der Waals surface area contributed by atoms with Crippen LogP contribution in [-0.4, -0.2) is 18.5 Å². The maximum absolute atomic E-state index is 5.68. The Labute approximate surface area is 161 Å². The number of hydrogen-bond acceptors (Lipinski definition) is 3.